The molecular weight excluding hydrogens is 452 g/mol. The highest BCUT2D eigenvalue weighted by atomic mass is 35.5. The lowest BCUT2D eigenvalue weighted by molar-refractivity contribution is 0.102. The second kappa shape index (κ2) is 10.5. The molecule has 1 aromatic heterocycles. The van der Waals surface area contributed by atoms with Gasteiger partial charge in [-0.25, -0.2) is 0 Å². The third-order valence-electron chi connectivity index (χ3n) is 5.70. The van der Waals surface area contributed by atoms with Crippen molar-refractivity contribution in [3.8, 4) is 17.2 Å². The molecule has 176 valence electrons. The van der Waals surface area contributed by atoms with Crippen LogP contribution in [-0.4, -0.2) is 38.1 Å². The summed E-state index contributed by atoms with van der Waals surface area (Å²) >= 11 is 6.02. The van der Waals surface area contributed by atoms with E-state index in [0.29, 0.717) is 40.8 Å². The average Bonchev–Trinajstić information content (AvgIpc) is 3.29. The number of halogens is 1. The van der Waals surface area contributed by atoms with Gasteiger partial charge in [0.05, 0.1) is 26.8 Å². The molecule has 0 atom stereocenters. The fourth-order valence-electron chi connectivity index (χ4n) is 4.06. The van der Waals surface area contributed by atoms with Crippen LogP contribution in [0.3, 0.4) is 0 Å². The van der Waals surface area contributed by atoms with Crippen LogP contribution < -0.4 is 19.5 Å². The number of rotatable bonds is 9. The number of benzene rings is 3. The van der Waals surface area contributed by atoms with Gasteiger partial charge in [0, 0.05) is 17.0 Å². The summed E-state index contributed by atoms with van der Waals surface area (Å²) in [6, 6.07) is 19.9. The van der Waals surface area contributed by atoms with Crippen LogP contribution in [0.15, 0.2) is 60.7 Å². The minimum atomic E-state index is -0.260. The second-order valence-electron chi connectivity index (χ2n) is 7.84. The summed E-state index contributed by atoms with van der Waals surface area (Å²) in [7, 11) is 4.65. The third kappa shape index (κ3) is 4.82. The first-order valence-corrected chi connectivity index (χ1v) is 11.5. The number of fused-ring (bicyclic) bond motifs is 1. The predicted molar refractivity (Wildman–Crippen MR) is 136 cm³/mol. The zero-order valence-electron chi connectivity index (χ0n) is 19.4. The number of carbonyl (C=O) groups is 1. The highest BCUT2D eigenvalue weighted by Crippen LogP contribution is 2.43. The Bertz CT molecular complexity index is 1300. The lowest BCUT2D eigenvalue weighted by atomic mass is 10.0. The molecule has 1 heterocycles. The van der Waals surface area contributed by atoms with Crippen molar-refractivity contribution in [3.05, 3.63) is 83.0 Å². The van der Waals surface area contributed by atoms with Gasteiger partial charge in [-0.3, -0.25) is 4.79 Å². The molecule has 2 N–H and O–H groups in total. The van der Waals surface area contributed by atoms with Crippen LogP contribution in [0.5, 0.6) is 17.2 Å². The number of aryl methyl sites for hydroxylation is 1. The van der Waals surface area contributed by atoms with E-state index in [1.807, 2.05) is 36.4 Å². The number of H-pyrrole nitrogens is 1. The fourth-order valence-corrected chi connectivity index (χ4v) is 4.26. The monoisotopic (exact) mass is 478 g/mol. The lowest BCUT2D eigenvalue weighted by Crippen LogP contribution is -2.14. The molecule has 0 saturated heterocycles. The Kier molecular flexibility index (Phi) is 7.28. The maximum absolute atomic E-state index is 13.2. The van der Waals surface area contributed by atoms with E-state index in [2.05, 4.69) is 28.5 Å². The van der Waals surface area contributed by atoms with Crippen molar-refractivity contribution in [2.75, 3.05) is 32.5 Å². The molecule has 1 amide bonds. The molecule has 3 aromatic carbocycles. The number of alkyl halides is 1. The molecule has 0 bridgehead atoms. The minimum Gasteiger partial charge on any atom is -0.493 e. The van der Waals surface area contributed by atoms with Crippen LogP contribution in [0.25, 0.3) is 10.9 Å². The molecule has 0 fully saturated rings. The zero-order valence-corrected chi connectivity index (χ0v) is 20.2. The van der Waals surface area contributed by atoms with E-state index in [9.17, 15) is 4.79 Å². The third-order valence-corrected chi connectivity index (χ3v) is 5.89. The van der Waals surface area contributed by atoms with E-state index >= 15 is 0 Å². The molecule has 0 aliphatic rings. The van der Waals surface area contributed by atoms with E-state index in [1.165, 1.54) is 5.56 Å². The topological polar surface area (TPSA) is 72.6 Å². The van der Waals surface area contributed by atoms with E-state index in [4.69, 9.17) is 25.8 Å². The number of nitrogens with one attached hydrogen (secondary N) is 2. The van der Waals surface area contributed by atoms with Gasteiger partial charge >= 0.3 is 0 Å². The molecule has 7 heteroatoms. The number of hydrogen-bond donors (Lipinski definition) is 2. The Balaban J connectivity index is 1.66. The fraction of sp³-hybridized carbons (Fsp3) is 0.222. The molecule has 6 nitrogen and oxygen atoms in total. The Morgan fingerprint density at radius 2 is 1.68 bits per heavy atom. The molecule has 0 saturated carbocycles. The van der Waals surface area contributed by atoms with Gasteiger partial charge in [0.15, 0.2) is 11.5 Å². The molecule has 0 aliphatic heterocycles. The maximum atomic E-state index is 13.2. The maximum Gasteiger partial charge on any atom is 0.272 e. The van der Waals surface area contributed by atoms with Gasteiger partial charge in [0.1, 0.15) is 5.69 Å². The summed E-state index contributed by atoms with van der Waals surface area (Å²) in [5, 5.41) is 3.84. The van der Waals surface area contributed by atoms with Crippen molar-refractivity contribution in [1.29, 1.82) is 0 Å². The van der Waals surface area contributed by atoms with Crippen molar-refractivity contribution in [1.82, 2.24) is 4.98 Å². The van der Waals surface area contributed by atoms with Crippen molar-refractivity contribution >= 4 is 34.1 Å². The van der Waals surface area contributed by atoms with Crippen LogP contribution in [0.4, 0.5) is 5.69 Å². The first-order chi connectivity index (χ1) is 16.6. The SMILES string of the molecule is COc1cc2cc(C(=O)Nc3cc(Cc4ccccc4)ccc3CCCl)[nH]c2c(OC)c1OC. The Labute approximate surface area is 203 Å². The first-order valence-electron chi connectivity index (χ1n) is 10.9. The normalized spacial score (nSPS) is 10.8. The molecule has 0 unspecified atom stereocenters. The van der Waals surface area contributed by atoms with Crippen LogP contribution in [0.1, 0.15) is 27.2 Å². The molecule has 4 rings (SSSR count). The number of hydrogen-bond acceptors (Lipinski definition) is 4. The summed E-state index contributed by atoms with van der Waals surface area (Å²) < 4.78 is 16.4. The molecule has 0 radical (unpaired) electrons. The summed E-state index contributed by atoms with van der Waals surface area (Å²) in [6.45, 7) is 0. The van der Waals surface area contributed by atoms with E-state index in [0.717, 1.165) is 28.6 Å². The van der Waals surface area contributed by atoms with Crippen LogP contribution in [0.2, 0.25) is 0 Å². The van der Waals surface area contributed by atoms with Crippen molar-refractivity contribution < 1.29 is 19.0 Å². The van der Waals surface area contributed by atoms with E-state index in [-0.39, 0.29) is 5.91 Å². The Morgan fingerprint density at radius 1 is 0.912 bits per heavy atom. The molecule has 0 aliphatic carbocycles. The number of anilines is 1. The smallest absolute Gasteiger partial charge is 0.272 e. The minimum absolute atomic E-state index is 0.260. The second-order valence-corrected chi connectivity index (χ2v) is 8.22. The van der Waals surface area contributed by atoms with Crippen molar-refractivity contribution in [3.63, 3.8) is 0 Å². The summed E-state index contributed by atoms with van der Waals surface area (Å²) in [5.74, 6) is 1.66. The highest BCUT2D eigenvalue weighted by molar-refractivity contribution is 6.18. The summed E-state index contributed by atoms with van der Waals surface area (Å²) in [5.41, 5.74) is 5.10. The molecule has 0 spiro atoms. The number of methoxy groups -OCH3 is 3. The average molecular weight is 479 g/mol. The molecular formula is C27H27ClN2O4. The number of aromatic amines is 1. The molecule has 34 heavy (non-hydrogen) atoms. The van der Waals surface area contributed by atoms with Gasteiger partial charge in [-0.05, 0) is 47.7 Å². The molecule has 4 aromatic rings. The first kappa shape index (κ1) is 23.5. The van der Waals surface area contributed by atoms with Gasteiger partial charge in [0.25, 0.3) is 5.91 Å². The number of amides is 1. The van der Waals surface area contributed by atoms with Gasteiger partial charge in [-0.2, -0.15) is 0 Å². The number of aromatic nitrogens is 1. The lowest BCUT2D eigenvalue weighted by Gasteiger charge is -2.13. The Hall–Kier alpha value is -3.64. The van der Waals surface area contributed by atoms with Gasteiger partial charge < -0.3 is 24.5 Å². The van der Waals surface area contributed by atoms with Crippen molar-refractivity contribution in [2.24, 2.45) is 0 Å². The van der Waals surface area contributed by atoms with Gasteiger partial charge in [-0.1, -0.05) is 42.5 Å². The van der Waals surface area contributed by atoms with Crippen LogP contribution >= 0.6 is 11.6 Å². The summed E-state index contributed by atoms with van der Waals surface area (Å²) in [4.78, 5) is 16.4. The van der Waals surface area contributed by atoms with Gasteiger partial charge in [0.2, 0.25) is 5.75 Å². The van der Waals surface area contributed by atoms with E-state index < -0.39 is 0 Å². The van der Waals surface area contributed by atoms with Crippen molar-refractivity contribution in [2.45, 2.75) is 12.8 Å². The quantitative estimate of drug-likeness (QED) is 0.297. The highest BCUT2D eigenvalue weighted by Gasteiger charge is 2.20. The van der Waals surface area contributed by atoms with Crippen LogP contribution in [0, 0.1) is 0 Å². The predicted octanol–water partition coefficient (Wildman–Crippen LogP) is 5.82. The largest absolute Gasteiger partial charge is 0.493 e. The van der Waals surface area contributed by atoms with Gasteiger partial charge in [-0.15, -0.1) is 11.6 Å². The standard InChI is InChI=1S/C27H27ClN2O4/c1-32-23-16-20-15-22(29-24(20)26(34-3)25(23)33-2)27(31)30-21-14-18(9-10-19(21)11-12-28)13-17-7-5-4-6-8-17/h4-10,14-16,29H,11-13H2,1-3H3,(H,30,31). The zero-order chi connectivity index (χ0) is 24.1. The van der Waals surface area contributed by atoms with E-state index in [1.54, 1.807) is 27.4 Å². The Morgan fingerprint density at radius 3 is 2.35 bits per heavy atom. The number of carbonyl (C=O) groups excluding carboxylic acids is 1. The van der Waals surface area contributed by atoms with Crippen LogP contribution in [-0.2, 0) is 12.8 Å². The number of ether oxygens (including phenoxy) is 3. The summed E-state index contributed by atoms with van der Waals surface area (Å²) in [6.07, 6.45) is 1.42.